The number of rotatable bonds is 9. The second kappa shape index (κ2) is 9.63. The molecule has 29 heavy (non-hydrogen) atoms. The Kier molecular flexibility index (Phi) is 6.96. The summed E-state index contributed by atoms with van der Waals surface area (Å²) in [7, 11) is 0. The van der Waals surface area contributed by atoms with E-state index < -0.39 is 0 Å². The molecule has 154 valence electrons. The second-order valence-corrected chi connectivity index (χ2v) is 7.27. The van der Waals surface area contributed by atoms with Crippen molar-refractivity contribution in [2.45, 2.75) is 66.3 Å². The molecule has 0 spiro atoms. The van der Waals surface area contributed by atoms with Gasteiger partial charge in [0.05, 0.1) is 12.8 Å². The lowest BCUT2D eigenvalue weighted by atomic mass is 9.92. The molecule has 0 aliphatic carbocycles. The Bertz CT molecular complexity index is 994. The van der Waals surface area contributed by atoms with E-state index in [9.17, 15) is 4.79 Å². The third-order valence-corrected chi connectivity index (χ3v) is 5.09. The molecule has 0 amide bonds. The van der Waals surface area contributed by atoms with Gasteiger partial charge in [-0.15, -0.1) is 0 Å². The highest BCUT2D eigenvalue weighted by molar-refractivity contribution is 5.95. The number of hydrogen-bond acceptors (Lipinski definition) is 5. The van der Waals surface area contributed by atoms with Crippen LogP contribution in [0.2, 0.25) is 0 Å². The Morgan fingerprint density at radius 3 is 2.66 bits per heavy atom. The van der Waals surface area contributed by atoms with Crippen molar-refractivity contribution in [3.63, 3.8) is 0 Å². The number of ether oxygens (including phenoxy) is 1. The van der Waals surface area contributed by atoms with Gasteiger partial charge < -0.3 is 4.74 Å². The van der Waals surface area contributed by atoms with Crippen molar-refractivity contribution in [1.82, 2.24) is 19.7 Å². The summed E-state index contributed by atoms with van der Waals surface area (Å²) >= 11 is 0. The summed E-state index contributed by atoms with van der Waals surface area (Å²) in [5.41, 5.74) is 6.31. The quantitative estimate of drug-likeness (QED) is 0.494. The fourth-order valence-corrected chi connectivity index (χ4v) is 3.71. The zero-order valence-electron chi connectivity index (χ0n) is 17.9. The highest BCUT2D eigenvalue weighted by Crippen LogP contribution is 2.34. The first-order valence-electron chi connectivity index (χ1n) is 10.5. The number of carbonyl (C=O) groups is 1. The van der Waals surface area contributed by atoms with Crippen LogP contribution in [0.3, 0.4) is 0 Å². The van der Waals surface area contributed by atoms with Gasteiger partial charge in [0.25, 0.3) is 0 Å². The van der Waals surface area contributed by atoms with Crippen LogP contribution < -0.4 is 0 Å². The number of pyridine rings is 2. The largest absolute Gasteiger partial charge is 0.466 e. The Balaban J connectivity index is 2.21. The average molecular weight is 395 g/mol. The number of carbonyl (C=O) groups excluding carboxylic acids is 1. The molecule has 0 aromatic carbocycles. The molecule has 0 bridgehead atoms. The maximum atomic E-state index is 12.1. The molecule has 0 unspecified atom stereocenters. The van der Waals surface area contributed by atoms with Crippen LogP contribution in [-0.2, 0) is 28.9 Å². The molecule has 6 heteroatoms. The normalized spacial score (nSPS) is 11.2. The number of esters is 1. The fourth-order valence-electron chi connectivity index (χ4n) is 3.71. The zero-order valence-corrected chi connectivity index (χ0v) is 17.9. The Labute approximate surface area is 172 Å². The van der Waals surface area contributed by atoms with Gasteiger partial charge in [0.1, 0.15) is 0 Å². The predicted octanol–water partition coefficient (Wildman–Crippen LogP) is 4.66. The Hall–Kier alpha value is -2.76. The minimum Gasteiger partial charge on any atom is -0.466 e. The minimum atomic E-state index is -0.174. The second-order valence-electron chi connectivity index (χ2n) is 7.27. The molecule has 3 aromatic rings. The number of aromatic nitrogens is 4. The van der Waals surface area contributed by atoms with Crippen LogP contribution >= 0.6 is 0 Å². The van der Waals surface area contributed by atoms with E-state index in [0.717, 1.165) is 64.8 Å². The first kappa shape index (κ1) is 21.0. The molecule has 0 saturated heterocycles. The van der Waals surface area contributed by atoms with Gasteiger partial charge in [0.2, 0.25) is 0 Å². The Morgan fingerprint density at radius 1 is 1.14 bits per heavy atom. The molecule has 0 aliphatic heterocycles. The summed E-state index contributed by atoms with van der Waals surface area (Å²) in [5.74, 6) is -0.174. The van der Waals surface area contributed by atoms with E-state index in [1.165, 1.54) is 0 Å². The van der Waals surface area contributed by atoms with Crippen LogP contribution in [0.5, 0.6) is 0 Å². The molecular weight excluding hydrogens is 364 g/mol. The number of nitrogens with zero attached hydrogens (tertiary/aromatic N) is 4. The fraction of sp³-hybridized carbons (Fsp3) is 0.478. The molecule has 0 atom stereocenters. The van der Waals surface area contributed by atoms with Crippen LogP contribution in [0.25, 0.3) is 22.2 Å². The van der Waals surface area contributed by atoms with Crippen molar-refractivity contribution < 1.29 is 9.53 Å². The van der Waals surface area contributed by atoms with Crippen LogP contribution in [0.15, 0.2) is 24.7 Å². The molecule has 3 aromatic heterocycles. The van der Waals surface area contributed by atoms with Crippen LogP contribution in [0.1, 0.15) is 56.9 Å². The highest BCUT2D eigenvalue weighted by Gasteiger charge is 2.20. The summed E-state index contributed by atoms with van der Waals surface area (Å²) < 4.78 is 7.11. The number of hydrogen-bond donors (Lipinski definition) is 0. The standard InChI is InChI=1S/C23H30N4O2/c1-5-8-9-20-18(10-11-21(28)29-7-3)22(17-12-16(4)13-24-14-17)19-15-25-27(6-2)23(19)26-20/h12-15H,5-11H2,1-4H3. The summed E-state index contributed by atoms with van der Waals surface area (Å²) in [6.45, 7) is 9.29. The van der Waals surface area contributed by atoms with Gasteiger partial charge in [-0.1, -0.05) is 13.3 Å². The predicted molar refractivity (Wildman–Crippen MR) is 115 cm³/mol. The summed E-state index contributed by atoms with van der Waals surface area (Å²) in [4.78, 5) is 21.5. The SMILES string of the molecule is CCCCc1nc2c(cnn2CC)c(-c2cncc(C)c2)c1CCC(=O)OCC. The maximum absolute atomic E-state index is 12.1. The van der Waals surface area contributed by atoms with E-state index in [1.807, 2.05) is 37.1 Å². The first-order valence-corrected chi connectivity index (χ1v) is 10.5. The van der Waals surface area contributed by atoms with Crippen LogP contribution in [0, 0.1) is 6.92 Å². The van der Waals surface area contributed by atoms with Crippen LogP contribution in [0.4, 0.5) is 0 Å². The molecule has 3 rings (SSSR count). The first-order chi connectivity index (χ1) is 14.1. The average Bonchev–Trinajstić information content (AvgIpc) is 3.12. The van der Waals surface area contributed by atoms with Gasteiger partial charge in [-0.05, 0) is 57.2 Å². The summed E-state index contributed by atoms with van der Waals surface area (Å²) in [6, 6.07) is 2.14. The Morgan fingerprint density at radius 2 is 1.97 bits per heavy atom. The highest BCUT2D eigenvalue weighted by atomic mass is 16.5. The van der Waals surface area contributed by atoms with Crippen molar-refractivity contribution in [2.24, 2.45) is 0 Å². The molecular formula is C23H30N4O2. The van der Waals surface area contributed by atoms with Gasteiger partial charge in [-0.3, -0.25) is 9.78 Å². The van der Waals surface area contributed by atoms with E-state index in [0.29, 0.717) is 19.4 Å². The number of aryl methyl sites for hydroxylation is 3. The number of unbranched alkanes of at least 4 members (excludes halogenated alkanes) is 1. The molecule has 0 radical (unpaired) electrons. The van der Waals surface area contributed by atoms with E-state index in [2.05, 4.69) is 30.0 Å². The maximum Gasteiger partial charge on any atom is 0.306 e. The van der Waals surface area contributed by atoms with Crippen molar-refractivity contribution >= 4 is 17.0 Å². The van der Waals surface area contributed by atoms with E-state index in [-0.39, 0.29) is 5.97 Å². The zero-order chi connectivity index (χ0) is 20.8. The van der Waals surface area contributed by atoms with E-state index in [4.69, 9.17) is 9.72 Å². The summed E-state index contributed by atoms with van der Waals surface area (Å²) in [5, 5.41) is 5.56. The molecule has 0 N–H and O–H groups in total. The lowest BCUT2D eigenvalue weighted by Gasteiger charge is -2.16. The van der Waals surface area contributed by atoms with Crippen molar-refractivity contribution in [1.29, 1.82) is 0 Å². The van der Waals surface area contributed by atoms with Gasteiger partial charge in [-0.25, -0.2) is 9.67 Å². The third-order valence-electron chi connectivity index (χ3n) is 5.09. The smallest absolute Gasteiger partial charge is 0.306 e. The van der Waals surface area contributed by atoms with Gasteiger partial charge in [0, 0.05) is 47.6 Å². The van der Waals surface area contributed by atoms with Gasteiger partial charge in [-0.2, -0.15) is 5.10 Å². The van der Waals surface area contributed by atoms with Gasteiger partial charge >= 0.3 is 5.97 Å². The van der Waals surface area contributed by atoms with Crippen molar-refractivity contribution in [3.05, 3.63) is 41.5 Å². The third kappa shape index (κ3) is 4.63. The van der Waals surface area contributed by atoms with Crippen molar-refractivity contribution in [2.75, 3.05) is 6.61 Å². The molecule has 6 nitrogen and oxygen atoms in total. The van der Waals surface area contributed by atoms with Crippen molar-refractivity contribution in [3.8, 4) is 11.1 Å². The lowest BCUT2D eigenvalue weighted by Crippen LogP contribution is -2.10. The molecule has 0 fully saturated rings. The molecule has 3 heterocycles. The number of fused-ring (bicyclic) bond motifs is 1. The van der Waals surface area contributed by atoms with E-state index >= 15 is 0 Å². The lowest BCUT2D eigenvalue weighted by molar-refractivity contribution is -0.143. The van der Waals surface area contributed by atoms with Crippen LogP contribution in [-0.4, -0.2) is 32.3 Å². The van der Waals surface area contributed by atoms with E-state index in [1.54, 1.807) is 0 Å². The minimum absolute atomic E-state index is 0.174. The van der Waals surface area contributed by atoms with Gasteiger partial charge in [0.15, 0.2) is 5.65 Å². The topological polar surface area (TPSA) is 69.9 Å². The monoisotopic (exact) mass is 394 g/mol. The molecule has 0 aliphatic rings. The summed E-state index contributed by atoms with van der Waals surface area (Å²) in [6.07, 6.45) is 9.60. The molecule has 0 saturated carbocycles.